The molecule has 312 valence electrons. The van der Waals surface area contributed by atoms with Crippen LogP contribution in [0, 0.1) is 0 Å². The lowest BCUT2D eigenvalue weighted by molar-refractivity contribution is -0.122. The fourth-order valence-corrected chi connectivity index (χ4v) is 7.35. The van der Waals surface area contributed by atoms with Crippen LogP contribution in [0.1, 0.15) is 34.5 Å². The Hall–Kier alpha value is -3.99. The quantitative estimate of drug-likeness (QED) is 0.0779. The first-order valence-electron chi connectivity index (χ1n) is 17.2. The number of nitrogens with one attached hydrogen (secondary N) is 2. The van der Waals surface area contributed by atoms with Gasteiger partial charge in [-0.3, -0.25) is 9.59 Å². The SMILES string of the molecule is CS(=O)(=O)c1ccc([C@@H](OC(=O)O[C@H](c2ccc(S(C)(=O)=O)cc2)[C@H](NC(=O)C(Cl)Cl)C(F)Cc2ccccc2)[C@H](NC(=O)C(Cl)Cl)C(F)Cc2ccccc2)cc1. The zero-order chi connectivity index (χ0) is 42.8. The average molecular weight is 923 g/mol. The van der Waals surface area contributed by atoms with E-state index in [-0.39, 0.29) is 33.8 Å². The number of sulfone groups is 2. The van der Waals surface area contributed by atoms with Crippen molar-refractivity contribution in [1.29, 1.82) is 0 Å². The molecule has 0 saturated heterocycles. The predicted molar refractivity (Wildman–Crippen MR) is 217 cm³/mol. The summed E-state index contributed by atoms with van der Waals surface area (Å²) in [6.45, 7) is 0. The zero-order valence-electron chi connectivity index (χ0n) is 30.7. The monoisotopic (exact) mass is 920 g/mol. The molecule has 0 fully saturated rings. The minimum atomic E-state index is -3.73. The molecule has 0 radical (unpaired) electrons. The summed E-state index contributed by atoms with van der Waals surface area (Å²) in [7, 11) is -7.46. The van der Waals surface area contributed by atoms with Crippen LogP contribution in [0.2, 0.25) is 0 Å². The van der Waals surface area contributed by atoms with Gasteiger partial charge in [0.05, 0.1) is 9.79 Å². The lowest BCUT2D eigenvalue weighted by Crippen LogP contribution is -2.50. The van der Waals surface area contributed by atoms with Crippen LogP contribution in [-0.2, 0) is 51.6 Å². The van der Waals surface area contributed by atoms with E-state index < -0.39 is 84.0 Å². The molecule has 0 aliphatic heterocycles. The van der Waals surface area contributed by atoms with Crippen molar-refractivity contribution in [3.8, 4) is 0 Å². The molecule has 4 aromatic rings. The molecule has 4 aromatic carbocycles. The van der Waals surface area contributed by atoms with E-state index in [0.29, 0.717) is 11.1 Å². The van der Waals surface area contributed by atoms with Gasteiger partial charge < -0.3 is 20.1 Å². The molecule has 0 spiro atoms. The number of rotatable bonds is 18. The van der Waals surface area contributed by atoms with Gasteiger partial charge in [0.25, 0.3) is 11.8 Å². The molecule has 58 heavy (non-hydrogen) atoms. The summed E-state index contributed by atoms with van der Waals surface area (Å²) >= 11 is 23.3. The highest BCUT2D eigenvalue weighted by molar-refractivity contribution is 7.91. The third kappa shape index (κ3) is 13.5. The number of carbonyl (C=O) groups is 3. The van der Waals surface area contributed by atoms with Gasteiger partial charge in [-0.05, 0) is 46.5 Å². The van der Waals surface area contributed by atoms with E-state index in [1.54, 1.807) is 60.7 Å². The van der Waals surface area contributed by atoms with E-state index in [9.17, 15) is 31.2 Å². The Morgan fingerprint density at radius 1 is 0.552 bits per heavy atom. The highest BCUT2D eigenvalue weighted by Crippen LogP contribution is 2.33. The van der Waals surface area contributed by atoms with Gasteiger partial charge in [0.15, 0.2) is 41.6 Å². The van der Waals surface area contributed by atoms with Crippen molar-refractivity contribution in [3.05, 3.63) is 131 Å². The Balaban J connectivity index is 1.83. The standard InChI is InChI=1S/C39H38Cl4F2N2O9S2/c1-57(51,52)27-17-13-25(14-18-27)33(31(46-37(48)35(40)41)29(44)21-23-9-5-3-6-10-23)55-39(50)56-34(26-15-19-28(20-16-26)58(2,53)54)32(47-38(49)36(42)43)30(45)22-24-11-7-4-8-12-24/h3-20,29-36H,21-22H2,1-2H3,(H,46,48)(H,47,49)/t29?,30?,31-,32-,33-,34-/m1/s1. The van der Waals surface area contributed by atoms with E-state index in [1.165, 1.54) is 48.5 Å². The van der Waals surface area contributed by atoms with Crippen molar-refractivity contribution in [3.63, 3.8) is 0 Å². The number of hydrogen-bond acceptors (Lipinski definition) is 9. The van der Waals surface area contributed by atoms with Crippen LogP contribution in [0.15, 0.2) is 119 Å². The molecule has 19 heteroatoms. The Morgan fingerprint density at radius 2 is 0.862 bits per heavy atom. The Bertz CT molecular complexity index is 2070. The summed E-state index contributed by atoms with van der Waals surface area (Å²) in [5, 5.41) is 4.73. The summed E-state index contributed by atoms with van der Waals surface area (Å²) in [5.74, 6) is -2.13. The molecule has 0 saturated carbocycles. The average Bonchev–Trinajstić information content (AvgIpc) is 3.17. The predicted octanol–water partition coefficient (Wildman–Crippen LogP) is 7.17. The molecule has 0 bridgehead atoms. The van der Waals surface area contributed by atoms with Gasteiger partial charge >= 0.3 is 6.16 Å². The molecule has 2 amide bonds. The first kappa shape index (κ1) is 46.7. The van der Waals surface area contributed by atoms with Crippen molar-refractivity contribution in [1.82, 2.24) is 10.6 Å². The second kappa shape index (κ2) is 20.8. The second-order valence-electron chi connectivity index (χ2n) is 13.1. The summed E-state index contributed by atoms with van der Waals surface area (Å²) in [5.41, 5.74) is 0.919. The highest BCUT2D eigenvalue weighted by atomic mass is 35.5. The lowest BCUT2D eigenvalue weighted by atomic mass is 9.94. The van der Waals surface area contributed by atoms with Gasteiger partial charge in [-0.2, -0.15) is 0 Å². The summed E-state index contributed by atoms with van der Waals surface area (Å²) < 4.78 is 93.7. The topological polar surface area (TPSA) is 162 Å². The molecule has 0 aromatic heterocycles. The third-order valence-corrected chi connectivity index (χ3v) is 11.8. The number of carbonyl (C=O) groups excluding carboxylic acids is 3. The van der Waals surface area contributed by atoms with Crippen molar-refractivity contribution in [2.24, 2.45) is 0 Å². The zero-order valence-corrected chi connectivity index (χ0v) is 35.3. The molecule has 0 heterocycles. The van der Waals surface area contributed by atoms with Crippen molar-refractivity contribution < 1.29 is 49.5 Å². The Kier molecular flexibility index (Phi) is 16.8. The molecular formula is C39H38Cl4F2N2O9S2. The summed E-state index contributed by atoms with van der Waals surface area (Å²) in [4.78, 5) is 36.2. The number of amides is 2. The van der Waals surface area contributed by atoms with Crippen molar-refractivity contribution in [2.45, 2.75) is 68.9 Å². The van der Waals surface area contributed by atoms with Crippen LogP contribution in [0.25, 0.3) is 0 Å². The van der Waals surface area contributed by atoms with E-state index in [2.05, 4.69) is 10.6 Å². The minimum absolute atomic E-state index is 0.0236. The molecule has 2 N–H and O–H groups in total. The van der Waals surface area contributed by atoms with Crippen LogP contribution < -0.4 is 10.6 Å². The molecule has 2 unspecified atom stereocenters. The Labute approximate surface area is 355 Å². The maximum Gasteiger partial charge on any atom is 0.509 e. The first-order chi connectivity index (χ1) is 27.2. The minimum Gasteiger partial charge on any atom is -0.424 e. The molecule has 0 aliphatic carbocycles. The summed E-state index contributed by atoms with van der Waals surface area (Å²) in [6, 6.07) is 22.6. The van der Waals surface area contributed by atoms with E-state index in [1.807, 2.05) is 0 Å². The normalized spacial score (nSPS) is 15.1. The van der Waals surface area contributed by atoms with Gasteiger partial charge in [-0.25, -0.2) is 30.4 Å². The van der Waals surface area contributed by atoms with Crippen LogP contribution in [0.4, 0.5) is 13.6 Å². The van der Waals surface area contributed by atoms with E-state index in [4.69, 9.17) is 55.9 Å². The Morgan fingerprint density at radius 3 is 1.14 bits per heavy atom. The fraction of sp³-hybridized carbons (Fsp3) is 0.308. The largest absolute Gasteiger partial charge is 0.509 e. The van der Waals surface area contributed by atoms with E-state index >= 15 is 8.78 Å². The lowest BCUT2D eigenvalue weighted by Gasteiger charge is -2.33. The number of alkyl halides is 6. The van der Waals surface area contributed by atoms with E-state index in [0.717, 1.165) is 12.5 Å². The van der Waals surface area contributed by atoms with Crippen LogP contribution in [0.5, 0.6) is 0 Å². The highest BCUT2D eigenvalue weighted by Gasteiger charge is 2.40. The molecule has 11 nitrogen and oxygen atoms in total. The smallest absolute Gasteiger partial charge is 0.424 e. The molecular weight excluding hydrogens is 884 g/mol. The number of hydrogen-bond donors (Lipinski definition) is 2. The van der Waals surface area contributed by atoms with Gasteiger partial charge in [-0.15, -0.1) is 0 Å². The second-order valence-corrected chi connectivity index (χ2v) is 19.3. The number of halogens is 6. The summed E-state index contributed by atoms with van der Waals surface area (Å²) in [6.07, 6.45) is -7.98. The van der Waals surface area contributed by atoms with Gasteiger partial charge in [0.1, 0.15) is 24.4 Å². The number of benzene rings is 4. The van der Waals surface area contributed by atoms with Crippen LogP contribution in [0.3, 0.4) is 0 Å². The van der Waals surface area contributed by atoms with Gasteiger partial charge in [0, 0.05) is 25.4 Å². The van der Waals surface area contributed by atoms with Crippen LogP contribution in [-0.4, -0.2) is 81.4 Å². The molecule has 0 aliphatic rings. The first-order valence-corrected chi connectivity index (χ1v) is 22.8. The maximum atomic E-state index is 16.6. The van der Waals surface area contributed by atoms with Crippen molar-refractivity contribution >= 4 is 84.0 Å². The fourth-order valence-electron chi connectivity index (χ4n) is 5.84. The maximum absolute atomic E-state index is 16.6. The van der Waals surface area contributed by atoms with Crippen molar-refractivity contribution in [2.75, 3.05) is 12.5 Å². The molecule has 6 atom stereocenters. The molecule has 4 rings (SSSR count). The number of ether oxygens (including phenoxy) is 2. The third-order valence-electron chi connectivity index (χ3n) is 8.71. The van der Waals surface area contributed by atoms with Gasteiger partial charge in [-0.1, -0.05) is 131 Å². The van der Waals surface area contributed by atoms with Gasteiger partial charge in [0.2, 0.25) is 0 Å². The van der Waals surface area contributed by atoms with Crippen LogP contribution >= 0.6 is 46.4 Å².